The van der Waals surface area contributed by atoms with Crippen LogP contribution in [-0.4, -0.2) is 15.8 Å². The Balaban J connectivity index is 2.31. The Bertz CT molecular complexity index is 673. The lowest BCUT2D eigenvalue weighted by atomic mass is 10.2. The van der Waals surface area contributed by atoms with Crippen molar-refractivity contribution in [2.75, 3.05) is 0 Å². The van der Waals surface area contributed by atoms with E-state index in [9.17, 15) is 14.9 Å². The summed E-state index contributed by atoms with van der Waals surface area (Å²) in [6.07, 6.45) is 0. The zero-order valence-corrected chi connectivity index (χ0v) is 10.7. The van der Waals surface area contributed by atoms with Crippen LogP contribution in [0.2, 0.25) is 5.15 Å². The molecule has 0 aliphatic heterocycles. The van der Waals surface area contributed by atoms with Gasteiger partial charge in [0.1, 0.15) is 10.9 Å². The highest BCUT2D eigenvalue weighted by Gasteiger charge is 2.18. The number of ether oxygens (including phenoxy) is 1. The van der Waals surface area contributed by atoms with Crippen molar-refractivity contribution in [2.45, 2.75) is 0 Å². The number of benzene rings is 1. The van der Waals surface area contributed by atoms with Gasteiger partial charge in [-0.25, -0.2) is 0 Å². The number of rotatable bonds is 4. The van der Waals surface area contributed by atoms with Crippen LogP contribution in [0, 0.1) is 10.1 Å². The van der Waals surface area contributed by atoms with Crippen LogP contribution in [0.3, 0.4) is 0 Å². The zero-order valence-electron chi connectivity index (χ0n) is 9.95. The minimum Gasteiger partial charge on any atom is -0.434 e. The lowest BCUT2D eigenvalue weighted by Crippen LogP contribution is -2.10. The molecule has 1 amide bonds. The van der Waals surface area contributed by atoms with Crippen LogP contribution in [0.1, 0.15) is 10.4 Å². The second kappa shape index (κ2) is 5.54. The van der Waals surface area contributed by atoms with Gasteiger partial charge in [0.15, 0.2) is 0 Å². The van der Waals surface area contributed by atoms with E-state index < -0.39 is 10.8 Å². The van der Waals surface area contributed by atoms with Gasteiger partial charge < -0.3 is 10.5 Å². The summed E-state index contributed by atoms with van der Waals surface area (Å²) in [6.45, 7) is 0. The van der Waals surface area contributed by atoms with Gasteiger partial charge in [0.05, 0.1) is 4.92 Å². The van der Waals surface area contributed by atoms with Gasteiger partial charge in [0.2, 0.25) is 5.91 Å². The monoisotopic (exact) mass is 293 g/mol. The Hall–Kier alpha value is -2.67. The average Bonchev–Trinajstić information content (AvgIpc) is 2.39. The standard InChI is InChI=1S/C12H8ClN3O4/c13-10-6-5-9(16(18)19)12(15-10)20-8-3-1-7(2-4-8)11(14)17/h1-6H,(H2,14,17). The summed E-state index contributed by atoms with van der Waals surface area (Å²) in [5.74, 6) is -0.536. The van der Waals surface area contributed by atoms with Crippen LogP contribution in [-0.2, 0) is 0 Å². The normalized spacial score (nSPS) is 10.1. The summed E-state index contributed by atoms with van der Waals surface area (Å²) in [5, 5.41) is 10.9. The maximum absolute atomic E-state index is 10.9. The molecule has 20 heavy (non-hydrogen) atoms. The third kappa shape index (κ3) is 3.01. The van der Waals surface area contributed by atoms with Gasteiger partial charge in [-0.05, 0) is 30.3 Å². The first-order chi connectivity index (χ1) is 9.47. The molecule has 2 rings (SSSR count). The summed E-state index contributed by atoms with van der Waals surface area (Å²) in [6, 6.07) is 8.27. The quantitative estimate of drug-likeness (QED) is 0.529. The first-order valence-corrected chi connectivity index (χ1v) is 5.74. The molecule has 0 radical (unpaired) electrons. The van der Waals surface area contributed by atoms with E-state index in [0.717, 1.165) is 0 Å². The maximum atomic E-state index is 10.9. The third-order valence-electron chi connectivity index (χ3n) is 2.36. The molecule has 8 heteroatoms. The van der Waals surface area contributed by atoms with E-state index in [4.69, 9.17) is 22.1 Å². The van der Waals surface area contributed by atoms with Crippen molar-refractivity contribution in [2.24, 2.45) is 5.73 Å². The number of carbonyl (C=O) groups is 1. The SMILES string of the molecule is NC(=O)c1ccc(Oc2nc(Cl)ccc2[N+](=O)[O-])cc1. The van der Waals surface area contributed by atoms with Crippen LogP contribution < -0.4 is 10.5 Å². The number of primary amides is 1. The molecule has 0 atom stereocenters. The second-order valence-corrected chi connectivity index (χ2v) is 4.09. The molecule has 7 nitrogen and oxygen atoms in total. The topological polar surface area (TPSA) is 108 Å². The molecule has 1 aromatic heterocycles. The molecule has 0 aliphatic rings. The number of nitro groups is 1. The number of halogens is 1. The van der Waals surface area contributed by atoms with Crippen molar-refractivity contribution in [3.63, 3.8) is 0 Å². The Morgan fingerprint density at radius 3 is 2.45 bits per heavy atom. The van der Waals surface area contributed by atoms with Gasteiger partial charge in [0, 0.05) is 11.6 Å². The largest absolute Gasteiger partial charge is 0.434 e. The second-order valence-electron chi connectivity index (χ2n) is 3.71. The fraction of sp³-hybridized carbons (Fsp3) is 0. The molecule has 102 valence electrons. The Morgan fingerprint density at radius 1 is 1.25 bits per heavy atom. The first-order valence-electron chi connectivity index (χ1n) is 5.36. The van der Waals surface area contributed by atoms with Crippen LogP contribution in [0.15, 0.2) is 36.4 Å². The van der Waals surface area contributed by atoms with Crippen LogP contribution in [0.25, 0.3) is 0 Å². The molecule has 1 aromatic carbocycles. The first kappa shape index (κ1) is 13.8. The molecule has 2 aromatic rings. The van der Waals surface area contributed by atoms with Crippen molar-refractivity contribution in [3.8, 4) is 11.6 Å². The minimum atomic E-state index is -0.629. The third-order valence-corrected chi connectivity index (χ3v) is 2.57. The lowest BCUT2D eigenvalue weighted by molar-refractivity contribution is -0.386. The average molecular weight is 294 g/mol. The van der Waals surface area contributed by atoms with E-state index in [1.54, 1.807) is 0 Å². The Morgan fingerprint density at radius 2 is 1.90 bits per heavy atom. The lowest BCUT2D eigenvalue weighted by Gasteiger charge is -2.05. The van der Waals surface area contributed by atoms with Crippen LogP contribution >= 0.6 is 11.6 Å². The Kier molecular flexibility index (Phi) is 3.81. The number of nitrogens with two attached hydrogens (primary N) is 1. The molecule has 0 saturated heterocycles. The van der Waals surface area contributed by atoms with E-state index in [-0.39, 0.29) is 22.5 Å². The van der Waals surface area contributed by atoms with Crippen molar-refractivity contribution < 1.29 is 14.5 Å². The number of amides is 1. The highest BCUT2D eigenvalue weighted by molar-refractivity contribution is 6.29. The molecular weight excluding hydrogens is 286 g/mol. The molecule has 0 fully saturated rings. The molecular formula is C12H8ClN3O4. The molecule has 0 aliphatic carbocycles. The molecule has 0 unspecified atom stereocenters. The van der Waals surface area contributed by atoms with E-state index in [1.165, 1.54) is 36.4 Å². The highest BCUT2D eigenvalue weighted by Crippen LogP contribution is 2.30. The van der Waals surface area contributed by atoms with Crippen LogP contribution in [0.5, 0.6) is 11.6 Å². The number of aromatic nitrogens is 1. The molecule has 0 bridgehead atoms. The number of hydrogen-bond acceptors (Lipinski definition) is 5. The van der Waals surface area contributed by atoms with Crippen molar-refractivity contribution in [1.82, 2.24) is 4.98 Å². The molecule has 0 spiro atoms. The van der Waals surface area contributed by atoms with Crippen molar-refractivity contribution >= 4 is 23.2 Å². The highest BCUT2D eigenvalue weighted by atomic mass is 35.5. The minimum absolute atomic E-state index is 0.0688. The fourth-order valence-electron chi connectivity index (χ4n) is 1.42. The van der Waals surface area contributed by atoms with E-state index in [1.807, 2.05) is 0 Å². The molecule has 2 N–H and O–H groups in total. The number of carbonyl (C=O) groups excluding carboxylic acids is 1. The van der Waals surface area contributed by atoms with Crippen LogP contribution in [0.4, 0.5) is 5.69 Å². The van der Waals surface area contributed by atoms with Gasteiger partial charge in [-0.2, -0.15) is 4.98 Å². The predicted octanol–water partition coefficient (Wildman–Crippen LogP) is 2.53. The zero-order chi connectivity index (χ0) is 14.7. The van der Waals surface area contributed by atoms with E-state index in [0.29, 0.717) is 5.56 Å². The van der Waals surface area contributed by atoms with E-state index in [2.05, 4.69) is 4.98 Å². The smallest absolute Gasteiger partial charge is 0.331 e. The van der Waals surface area contributed by atoms with Crippen molar-refractivity contribution in [3.05, 3.63) is 57.2 Å². The number of hydrogen-bond donors (Lipinski definition) is 1. The summed E-state index contributed by atoms with van der Waals surface area (Å²) in [4.78, 5) is 24.9. The Labute approximate surface area is 118 Å². The van der Waals surface area contributed by atoms with Gasteiger partial charge >= 0.3 is 11.6 Å². The summed E-state index contributed by atoms with van der Waals surface area (Å²) in [5.41, 5.74) is 5.09. The fourth-order valence-corrected chi connectivity index (χ4v) is 1.56. The summed E-state index contributed by atoms with van der Waals surface area (Å²) in [7, 11) is 0. The van der Waals surface area contributed by atoms with Gasteiger partial charge in [0.25, 0.3) is 0 Å². The van der Waals surface area contributed by atoms with Gasteiger partial charge in [-0.1, -0.05) is 11.6 Å². The molecule has 0 saturated carbocycles. The molecule has 1 heterocycles. The van der Waals surface area contributed by atoms with Gasteiger partial charge in [-0.3, -0.25) is 14.9 Å². The predicted molar refractivity (Wildman–Crippen MR) is 70.9 cm³/mol. The van der Waals surface area contributed by atoms with E-state index >= 15 is 0 Å². The maximum Gasteiger partial charge on any atom is 0.331 e. The summed E-state index contributed by atoms with van der Waals surface area (Å²) >= 11 is 5.68. The number of pyridine rings is 1. The van der Waals surface area contributed by atoms with Crippen molar-refractivity contribution in [1.29, 1.82) is 0 Å². The number of nitrogens with zero attached hydrogens (tertiary/aromatic N) is 2. The summed E-state index contributed by atoms with van der Waals surface area (Å²) < 4.78 is 5.30. The van der Waals surface area contributed by atoms with Gasteiger partial charge in [-0.15, -0.1) is 0 Å².